The maximum absolute atomic E-state index is 12.3. The fourth-order valence-electron chi connectivity index (χ4n) is 2.99. The molecule has 21 heavy (non-hydrogen) atoms. The molecule has 2 fully saturated rings. The van der Waals surface area contributed by atoms with Gasteiger partial charge in [0.2, 0.25) is 11.8 Å². The van der Waals surface area contributed by atoms with Crippen molar-refractivity contribution in [1.82, 2.24) is 15.2 Å². The zero-order valence-electron chi connectivity index (χ0n) is 12.0. The maximum Gasteiger partial charge on any atom is 0.243 e. The highest BCUT2D eigenvalue weighted by atomic mass is 32.2. The second kappa shape index (κ2) is 5.67. The molecule has 0 aliphatic carbocycles. The van der Waals surface area contributed by atoms with E-state index < -0.39 is 0 Å². The third-order valence-corrected chi connectivity index (χ3v) is 5.66. The summed E-state index contributed by atoms with van der Waals surface area (Å²) in [6, 6.07) is 5.43. The Morgan fingerprint density at radius 3 is 3.19 bits per heavy atom. The first-order valence-electron chi connectivity index (χ1n) is 7.24. The quantitative estimate of drug-likeness (QED) is 0.908. The summed E-state index contributed by atoms with van der Waals surface area (Å²) in [4.78, 5) is 30.2. The smallest absolute Gasteiger partial charge is 0.243 e. The standard InChI is InChI=1S/C15H19N3O2S/c1-15-7-5-13(19)18(15)12(10-21-15)14(20)17-9-6-11-4-2-3-8-16-11/h2-4,8,12H,5-7,9-10H2,1H3,(H,17,20)/t12-,15+/m1/s1. The summed E-state index contributed by atoms with van der Waals surface area (Å²) in [6.07, 6.45) is 3.85. The summed E-state index contributed by atoms with van der Waals surface area (Å²) in [5.41, 5.74) is 0.959. The lowest BCUT2D eigenvalue weighted by Gasteiger charge is -2.29. The Hall–Kier alpha value is -1.56. The van der Waals surface area contributed by atoms with Crippen molar-refractivity contribution in [2.45, 2.75) is 37.1 Å². The predicted octanol–water partition coefficient (Wildman–Crippen LogP) is 1.19. The molecule has 6 heteroatoms. The van der Waals surface area contributed by atoms with E-state index in [-0.39, 0.29) is 22.7 Å². The highest BCUT2D eigenvalue weighted by Crippen LogP contribution is 2.47. The maximum atomic E-state index is 12.3. The molecule has 2 aliphatic heterocycles. The summed E-state index contributed by atoms with van der Waals surface area (Å²) in [5.74, 6) is 0.752. The number of rotatable bonds is 4. The van der Waals surface area contributed by atoms with Gasteiger partial charge in [-0.25, -0.2) is 0 Å². The van der Waals surface area contributed by atoms with Gasteiger partial charge in [0.1, 0.15) is 6.04 Å². The van der Waals surface area contributed by atoms with Gasteiger partial charge in [0.25, 0.3) is 0 Å². The van der Waals surface area contributed by atoms with Crippen LogP contribution in [-0.2, 0) is 16.0 Å². The predicted molar refractivity (Wildman–Crippen MR) is 81.7 cm³/mol. The molecule has 0 aromatic carbocycles. The number of thioether (sulfide) groups is 1. The lowest BCUT2D eigenvalue weighted by molar-refractivity contribution is -0.137. The molecule has 1 aromatic rings. The first-order valence-corrected chi connectivity index (χ1v) is 8.22. The van der Waals surface area contributed by atoms with Crippen LogP contribution in [0.3, 0.4) is 0 Å². The Labute approximate surface area is 128 Å². The average molecular weight is 305 g/mol. The molecule has 0 spiro atoms. The molecule has 3 heterocycles. The molecule has 112 valence electrons. The lowest BCUT2D eigenvalue weighted by atomic mass is 10.2. The van der Waals surface area contributed by atoms with Gasteiger partial charge in [-0.3, -0.25) is 14.6 Å². The Morgan fingerprint density at radius 1 is 1.57 bits per heavy atom. The average Bonchev–Trinajstić information content (AvgIpc) is 2.97. The van der Waals surface area contributed by atoms with Gasteiger partial charge in [-0.05, 0) is 25.5 Å². The number of nitrogens with one attached hydrogen (secondary N) is 1. The summed E-state index contributed by atoms with van der Waals surface area (Å²) in [7, 11) is 0. The molecule has 0 saturated carbocycles. The Balaban J connectivity index is 1.55. The first kappa shape index (κ1) is 14.4. The van der Waals surface area contributed by atoms with Crippen molar-refractivity contribution in [3.8, 4) is 0 Å². The Morgan fingerprint density at radius 2 is 2.43 bits per heavy atom. The van der Waals surface area contributed by atoms with Crippen LogP contribution in [0.5, 0.6) is 0 Å². The molecule has 1 N–H and O–H groups in total. The zero-order chi connectivity index (χ0) is 14.9. The molecular formula is C15H19N3O2S. The van der Waals surface area contributed by atoms with Crippen LogP contribution in [0.4, 0.5) is 0 Å². The van der Waals surface area contributed by atoms with E-state index in [1.807, 2.05) is 18.2 Å². The summed E-state index contributed by atoms with van der Waals surface area (Å²) < 4.78 is 0. The second-order valence-corrected chi connectivity index (χ2v) is 7.13. The number of pyridine rings is 1. The largest absolute Gasteiger partial charge is 0.354 e. The zero-order valence-corrected chi connectivity index (χ0v) is 12.9. The van der Waals surface area contributed by atoms with Crippen molar-refractivity contribution >= 4 is 23.6 Å². The van der Waals surface area contributed by atoms with Crippen molar-refractivity contribution in [3.63, 3.8) is 0 Å². The molecule has 1 aromatic heterocycles. The number of hydrogen-bond donors (Lipinski definition) is 1. The molecule has 0 radical (unpaired) electrons. The molecule has 2 amide bonds. The SMILES string of the molecule is C[C@]12CCC(=O)N1[C@@H](C(=O)NCCc1ccccn1)CS2. The minimum atomic E-state index is -0.321. The second-order valence-electron chi connectivity index (χ2n) is 5.63. The number of carbonyl (C=O) groups is 2. The van der Waals surface area contributed by atoms with E-state index in [1.54, 1.807) is 22.9 Å². The molecule has 2 aliphatic rings. The molecular weight excluding hydrogens is 286 g/mol. The van der Waals surface area contributed by atoms with E-state index in [2.05, 4.69) is 17.2 Å². The van der Waals surface area contributed by atoms with Gasteiger partial charge in [-0.2, -0.15) is 0 Å². The fraction of sp³-hybridized carbons (Fsp3) is 0.533. The number of hydrogen-bond acceptors (Lipinski definition) is 4. The van der Waals surface area contributed by atoms with Crippen LogP contribution < -0.4 is 5.32 Å². The highest BCUT2D eigenvalue weighted by molar-refractivity contribution is 8.01. The van der Waals surface area contributed by atoms with Gasteiger partial charge >= 0.3 is 0 Å². The molecule has 2 saturated heterocycles. The van der Waals surface area contributed by atoms with E-state index in [4.69, 9.17) is 0 Å². The minimum absolute atomic E-state index is 0.0441. The fourth-order valence-corrected chi connectivity index (χ4v) is 4.42. The third-order valence-electron chi connectivity index (χ3n) is 4.15. The van der Waals surface area contributed by atoms with Crippen molar-refractivity contribution in [2.75, 3.05) is 12.3 Å². The third kappa shape index (κ3) is 2.77. The molecule has 3 rings (SSSR count). The van der Waals surface area contributed by atoms with Gasteiger partial charge in [-0.1, -0.05) is 6.07 Å². The number of nitrogens with zero attached hydrogens (tertiary/aromatic N) is 2. The van der Waals surface area contributed by atoms with E-state index in [0.29, 0.717) is 25.1 Å². The number of aromatic nitrogens is 1. The Kier molecular flexibility index (Phi) is 3.89. The number of carbonyl (C=O) groups excluding carboxylic acids is 2. The van der Waals surface area contributed by atoms with Crippen molar-refractivity contribution < 1.29 is 9.59 Å². The van der Waals surface area contributed by atoms with Crippen molar-refractivity contribution in [1.29, 1.82) is 0 Å². The number of fused-ring (bicyclic) bond motifs is 1. The molecule has 0 unspecified atom stereocenters. The van der Waals surface area contributed by atoms with Crippen LogP contribution in [0.2, 0.25) is 0 Å². The number of amides is 2. The Bertz CT molecular complexity index is 551. The molecule has 0 bridgehead atoms. The van der Waals surface area contributed by atoms with Gasteiger partial charge in [0, 0.05) is 37.0 Å². The van der Waals surface area contributed by atoms with E-state index in [9.17, 15) is 9.59 Å². The minimum Gasteiger partial charge on any atom is -0.354 e. The van der Waals surface area contributed by atoms with Crippen molar-refractivity contribution in [3.05, 3.63) is 30.1 Å². The van der Waals surface area contributed by atoms with Crippen LogP contribution in [-0.4, -0.2) is 44.9 Å². The van der Waals surface area contributed by atoms with Crippen LogP contribution in [0.1, 0.15) is 25.5 Å². The van der Waals surface area contributed by atoms with Crippen LogP contribution in [0.25, 0.3) is 0 Å². The van der Waals surface area contributed by atoms with Crippen molar-refractivity contribution in [2.24, 2.45) is 0 Å². The topological polar surface area (TPSA) is 62.3 Å². The van der Waals surface area contributed by atoms with Crippen LogP contribution >= 0.6 is 11.8 Å². The lowest BCUT2D eigenvalue weighted by Crippen LogP contribution is -2.50. The molecule has 5 nitrogen and oxygen atoms in total. The van der Waals surface area contributed by atoms with Gasteiger partial charge in [0.05, 0.1) is 4.87 Å². The molecule has 2 atom stereocenters. The summed E-state index contributed by atoms with van der Waals surface area (Å²) in [6.45, 7) is 2.61. The highest BCUT2D eigenvalue weighted by Gasteiger charge is 2.52. The van der Waals surface area contributed by atoms with Gasteiger partial charge in [-0.15, -0.1) is 11.8 Å². The van der Waals surface area contributed by atoms with Gasteiger partial charge < -0.3 is 10.2 Å². The normalized spacial score (nSPS) is 27.8. The summed E-state index contributed by atoms with van der Waals surface area (Å²) >= 11 is 1.72. The van der Waals surface area contributed by atoms with Crippen LogP contribution in [0.15, 0.2) is 24.4 Å². The van der Waals surface area contributed by atoms with E-state index >= 15 is 0 Å². The van der Waals surface area contributed by atoms with Crippen LogP contribution in [0, 0.1) is 0 Å². The van der Waals surface area contributed by atoms with E-state index in [1.165, 1.54) is 0 Å². The van der Waals surface area contributed by atoms with E-state index in [0.717, 1.165) is 12.1 Å². The first-order chi connectivity index (χ1) is 10.1. The monoisotopic (exact) mass is 305 g/mol. The van der Waals surface area contributed by atoms with Gasteiger partial charge in [0.15, 0.2) is 0 Å². The summed E-state index contributed by atoms with van der Waals surface area (Å²) in [5, 5.41) is 2.94.